The van der Waals surface area contributed by atoms with Gasteiger partial charge in [-0.05, 0) is 23.8 Å². The van der Waals surface area contributed by atoms with Gasteiger partial charge in [0.15, 0.2) is 0 Å². The summed E-state index contributed by atoms with van der Waals surface area (Å²) in [4.78, 5) is 12.2. The molecular formula is C19H19Cl2NO5S. The predicted molar refractivity (Wildman–Crippen MR) is 106 cm³/mol. The van der Waals surface area contributed by atoms with Crippen LogP contribution in [0.5, 0.6) is 0 Å². The number of carbonyl (C=O) groups excluding carboxylic acids is 1. The summed E-state index contributed by atoms with van der Waals surface area (Å²) in [6.45, 7) is 0.356. The summed E-state index contributed by atoms with van der Waals surface area (Å²) in [6.07, 6.45) is -0.234. The van der Waals surface area contributed by atoms with Gasteiger partial charge in [-0.15, -0.1) is 0 Å². The summed E-state index contributed by atoms with van der Waals surface area (Å²) in [7, 11) is -2.76. The number of hydrogen-bond donors (Lipinski definition) is 0. The van der Waals surface area contributed by atoms with Crippen LogP contribution >= 0.6 is 23.2 Å². The van der Waals surface area contributed by atoms with Gasteiger partial charge in [-0.3, -0.25) is 4.79 Å². The van der Waals surface area contributed by atoms with Crippen LogP contribution in [0, 0.1) is 0 Å². The lowest BCUT2D eigenvalue weighted by atomic mass is 10.2. The molecule has 28 heavy (non-hydrogen) atoms. The van der Waals surface area contributed by atoms with E-state index in [4.69, 9.17) is 32.7 Å². The van der Waals surface area contributed by atoms with Crippen molar-refractivity contribution in [2.75, 3.05) is 13.7 Å². The molecule has 1 aliphatic heterocycles. The molecule has 6 nitrogen and oxygen atoms in total. The summed E-state index contributed by atoms with van der Waals surface area (Å²) in [6, 6.07) is 12.6. The van der Waals surface area contributed by atoms with Crippen molar-refractivity contribution in [2.45, 2.75) is 30.1 Å². The summed E-state index contributed by atoms with van der Waals surface area (Å²) in [5.41, 5.74) is 0.961. The van der Waals surface area contributed by atoms with Gasteiger partial charge in [0.1, 0.15) is 6.04 Å². The zero-order valence-corrected chi connectivity index (χ0v) is 17.4. The first kappa shape index (κ1) is 21.1. The van der Waals surface area contributed by atoms with Crippen LogP contribution in [0.1, 0.15) is 12.0 Å². The molecular weight excluding hydrogens is 425 g/mol. The Morgan fingerprint density at radius 3 is 2.50 bits per heavy atom. The fourth-order valence-electron chi connectivity index (χ4n) is 3.07. The predicted octanol–water partition coefficient (Wildman–Crippen LogP) is 3.51. The van der Waals surface area contributed by atoms with Crippen molar-refractivity contribution in [1.82, 2.24) is 4.31 Å². The molecule has 3 rings (SSSR count). The van der Waals surface area contributed by atoms with E-state index >= 15 is 0 Å². The molecule has 9 heteroatoms. The Bertz CT molecular complexity index is 952. The second kappa shape index (κ2) is 8.80. The highest BCUT2D eigenvalue weighted by molar-refractivity contribution is 7.89. The smallest absolute Gasteiger partial charge is 0.324 e. The molecule has 1 aliphatic rings. The molecule has 1 heterocycles. The average Bonchev–Trinajstić information content (AvgIpc) is 3.14. The maximum absolute atomic E-state index is 13.1. The highest BCUT2D eigenvalue weighted by Crippen LogP contribution is 2.32. The topological polar surface area (TPSA) is 72.9 Å². The van der Waals surface area contributed by atoms with E-state index in [1.807, 2.05) is 30.3 Å². The minimum Gasteiger partial charge on any atom is -0.468 e. The Balaban J connectivity index is 1.82. The van der Waals surface area contributed by atoms with Crippen molar-refractivity contribution >= 4 is 39.2 Å². The lowest BCUT2D eigenvalue weighted by molar-refractivity contribution is -0.144. The van der Waals surface area contributed by atoms with Crippen LogP contribution < -0.4 is 0 Å². The third-order valence-electron chi connectivity index (χ3n) is 4.52. The van der Waals surface area contributed by atoms with Crippen molar-refractivity contribution in [3.63, 3.8) is 0 Å². The average molecular weight is 444 g/mol. The number of hydrogen-bond acceptors (Lipinski definition) is 5. The van der Waals surface area contributed by atoms with Gasteiger partial charge < -0.3 is 9.47 Å². The Morgan fingerprint density at radius 2 is 1.86 bits per heavy atom. The van der Waals surface area contributed by atoms with Crippen LogP contribution in [-0.4, -0.2) is 44.5 Å². The maximum Gasteiger partial charge on any atom is 0.324 e. The van der Waals surface area contributed by atoms with E-state index in [2.05, 4.69) is 0 Å². The second-order valence-electron chi connectivity index (χ2n) is 6.34. The van der Waals surface area contributed by atoms with Crippen LogP contribution in [0.4, 0.5) is 0 Å². The Morgan fingerprint density at radius 1 is 1.14 bits per heavy atom. The molecule has 2 atom stereocenters. The first-order valence-corrected chi connectivity index (χ1v) is 10.7. The highest BCUT2D eigenvalue weighted by Gasteiger charge is 2.45. The lowest BCUT2D eigenvalue weighted by Gasteiger charge is -2.22. The highest BCUT2D eigenvalue weighted by atomic mass is 35.5. The van der Waals surface area contributed by atoms with Gasteiger partial charge in [0.25, 0.3) is 0 Å². The fourth-order valence-corrected chi connectivity index (χ4v) is 5.08. The lowest BCUT2D eigenvalue weighted by Crippen LogP contribution is -2.41. The monoisotopic (exact) mass is 443 g/mol. The van der Waals surface area contributed by atoms with Crippen molar-refractivity contribution in [3.8, 4) is 0 Å². The van der Waals surface area contributed by atoms with Crippen LogP contribution in [-0.2, 0) is 30.9 Å². The van der Waals surface area contributed by atoms with Gasteiger partial charge in [-0.1, -0.05) is 53.5 Å². The van der Waals surface area contributed by atoms with Crippen molar-refractivity contribution in [3.05, 3.63) is 64.1 Å². The standard InChI is InChI=1S/C19H19Cl2NO5S/c1-26-19(23)18-9-14(27-12-13-5-3-2-4-6-13)11-22(18)28(24,25)15-7-8-16(20)17(21)10-15/h2-8,10,14,18H,9,11-12H2,1H3/t14-,18+/m0/s1. The molecule has 2 aromatic carbocycles. The van der Waals surface area contributed by atoms with E-state index in [1.54, 1.807) is 0 Å². The molecule has 0 radical (unpaired) electrons. The molecule has 0 saturated carbocycles. The van der Waals surface area contributed by atoms with Crippen molar-refractivity contribution in [2.24, 2.45) is 0 Å². The number of sulfonamides is 1. The number of methoxy groups -OCH3 is 1. The molecule has 0 N–H and O–H groups in total. The number of carbonyl (C=O) groups is 1. The zero-order chi connectivity index (χ0) is 20.3. The molecule has 0 amide bonds. The summed E-state index contributed by atoms with van der Waals surface area (Å²) in [5, 5.41) is 0.365. The first-order valence-electron chi connectivity index (χ1n) is 8.53. The van der Waals surface area contributed by atoms with Gasteiger partial charge in [0.05, 0.1) is 34.8 Å². The van der Waals surface area contributed by atoms with Gasteiger partial charge in [-0.2, -0.15) is 4.31 Å². The maximum atomic E-state index is 13.1. The second-order valence-corrected chi connectivity index (χ2v) is 9.05. The van der Waals surface area contributed by atoms with Gasteiger partial charge in [-0.25, -0.2) is 8.42 Å². The number of benzene rings is 2. The molecule has 0 aromatic heterocycles. The number of nitrogens with zero attached hydrogens (tertiary/aromatic N) is 1. The van der Waals surface area contributed by atoms with E-state index in [-0.39, 0.29) is 27.9 Å². The van der Waals surface area contributed by atoms with Crippen LogP contribution in [0.2, 0.25) is 10.0 Å². The Labute approximate surface area is 174 Å². The summed E-state index contributed by atoms with van der Waals surface area (Å²) < 4.78 is 38.0. The van der Waals surface area contributed by atoms with E-state index in [0.29, 0.717) is 6.61 Å². The summed E-state index contributed by atoms with van der Waals surface area (Å²) in [5.74, 6) is -0.630. The van der Waals surface area contributed by atoms with E-state index in [9.17, 15) is 13.2 Å². The Kier molecular flexibility index (Phi) is 6.62. The zero-order valence-electron chi connectivity index (χ0n) is 15.0. The quantitative estimate of drug-likeness (QED) is 0.638. The summed E-state index contributed by atoms with van der Waals surface area (Å²) >= 11 is 11.8. The van der Waals surface area contributed by atoms with Gasteiger partial charge in [0, 0.05) is 13.0 Å². The third-order valence-corrected chi connectivity index (χ3v) is 7.13. The van der Waals surface area contributed by atoms with Crippen LogP contribution in [0.25, 0.3) is 0 Å². The molecule has 2 aromatic rings. The van der Waals surface area contributed by atoms with E-state index in [0.717, 1.165) is 9.87 Å². The van der Waals surface area contributed by atoms with E-state index < -0.39 is 28.1 Å². The van der Waals surface area contributed by atoms with Crippen molar-refractivity contribution < 1.29 is 22.7 Å². The number of ether oxygens (including phenoxy) is 2. The van der Waals surface area contributed by atoms with Gasteiger partial charge >= 0.3 is 5.97 Å². The van der Waals surface area contributed by atoms with E-state index in [1.165, 1.54) is 25.3 Å². The number of halogens is 2. The van der Waals surface area contributed by atoms with Crippen LogP contribution in [0.15, 0.2) is 53.4 Å². The Hall–Kier alpha value is -1.64. The number of esters is 1. The minimum absolute atomic E-state index is 0.0369. The largest absolute Gasteiger partial charge is 0.468 e. The molecule has 0 bridgehead atoms. The van der Waals surface area contributed by atoms with Gasteiger partial charge in [0.2, 0.25) is 10.0 Å². The molecule has 150 valence electrons. The van der Waals surface area contributed by atoms with Crippen LogP contribution in [0.3, 0.4) is 0 Å². The first-order chi connectivity index (χ1) is 13.3. The minimum atomic E-state index is -3.99. The normalized spacial score (nSPS) is 20.2. The molecule has 0 unspecified atom stereocenters. The molecule has 1 saturated heterocycles. The molecule has 1 fully saturated rings. The molecule has 0 aliphatic carbocycles. The fraction of sp³-hybridized carbons (Fsp3) is 0.316. The number of rotatable bonds is 6. The molecule has 0 spiro atoms. The third kappa shape index (κ3) is 4.50. The van der Waals surface area contributed by atoms with Crippen molar-refractivity contribution in [1.29, 1.82) is 0 Å². The SMILES string of the molecule is COC(=O)[C@H]1C[C@H](OCc2ccccc2)CN1S(=O)(=O)c1ccc(Cl)c(Cl)c1.